The lowest BCUT2D eigenvalue weighted by molar-refractivity contribution is 0.0730. The molecule has 1 aliphatic rings. The molecule has 1 aliphatic heterocycles. The van der Waals surface area contributed by atoms with Gasteiger partial charge in [0, 0.05) is 35.3 Å². The van der Waals surface area contributed by atoms with Crippen LogP contribution in [0.2, 0.25) is 10.0 Å². The summed E-state index contributed by atoms with van der Waals surface area (Å²) in [5.74, 6) is 0. The summed E-state index contributed by atoms with van der Waals surface area (Å²) in [6.07, 6.45) is 3.50. The fraction of sp³-hybridized carbons (Fsp3) is 0.167. The molecule has 3 heterocycles. The maximum Gasteiger partial charge on any atom is 0.243 e. The number of thiazole rings is 1. The summed E-state index contributed by atoms with van der Waals surface area (Å²) in [6.45, 7) is 1.48. The van der Waals surface area contributed by atoms with E-state index in [0.29, 0.717) is 46.8 Å². The zero-order valence-electron chi connectivity index (χ0n) is 18.8. The van der Waals surface area contributed by atoms with Gasteiger partial charge in [0.2, 0.25) is 14.8 Å². The van der Waals surface area contributed by atoms with Crippen LogP contribution in [0.25, 0.3) is 11.3 Å². The lowest BCUT2D eigenvalue weighted by Crippen LogP contribution is -2.40. The monoisotopic (exact) mass is 561 g/mol. The molecule has 8 nitrogen and oxygen atoms in total. The Kier molecular flexibility index (Phi) is 7.42. The van der Waals surface area contributed by atoms with Gasteiger partial charge in [-0.2, -0.15) is 9.41 Å². The zero-order valence-corrected chi connectivity index (χ0v) is 22.0. The highest BCUT2D eigenvalue weighted by atomic mass is 35.5. The minimum absolute atomic E-state index is 0.221. The van der Waals surface area contributed by atoms with Gasteiger partial charge in [0.05, 0.1) is 46.4 Å². The number of nitrogens with one attached hydrogen (secondary N) is 1. The van der Waals surface area contributed by atoms with Crippen LogP contribution in [0.3, 0.4) is 0 Å². The maximum absolute atomic E-state index is 12.9. The van der Waals surface area contributed by atoms with Crippen LogP contribution in [0.1, 0.15) is 5.69 Å². The first-order valence-electron chi connectivity index (χ1n) is 11.0. The van der Waals surface area contributed by atoms with E-state index in [9.17, 15) is 8.42 Å². The molecule has 186 valence electrons. The number of benzene rings is 2. The van der Waals surface area contributed by atoms with Crippen LogP contribution in [-0.4, -0.2) is 54.9 Å². The Morgan fingerprint density at radius 2 is 1.83 bits per heavy atom. The van der Waals surface area contributed by atoms with Crippen molar-refractivity contribution in [2.24, 2.45) is 10.1 Å². The number of hydrogen-bond acceptors (Lipinski definition) is 6. The third kappa shape index (κ3) is 5.34. The zero-order chi connectivity index (χ0) is 25.1. The summed E-state index contributed by atoms with van der Waals surface area (Å²) in [6, 6.07) is 15.5. The molecule has 12 heteroatoms. The van der Waals surface area contributed by atoms with Crippen molar-refractivity contribution in [3.05, 3.63) is 86.7 Å². The first-order chi connectivity index (χ1) is 17.4. The Balaban J connectivity index is 1.54. The van der Waals surface area contributed by atoms with Crippen LogP contribution < -0.4 is 4.80 Å². The molecule has 2 aromatic carbocycles. The SMILES string of the molecule is O=S(=O)(c1ccc(N=c2scc(-c3cc(Cl)ccc3Cl)n2N=Cc2ccc[nH]2)cc1)N1CCOCC1. The van der Waals surface area contributed by atoms with Gasteiger partial charge in [0.1, 0.15) is 0 Å². The summed E-state index contributed by atoms with van der Waals surface area (Å²) >= 11 is 14.1. The van der Waals surface area contributed by atoms with E-state index in [1.165, 1.54) is 15.6 Å². The molecule has 4 aromatic rings. The molecule has 2 aromatic heterocycles. The number of hydrogen-bond donors (Lipinski definition) is 1. The normalized spacial score (nSPS) is 15.7. The molecule has 1 fully saturated rings. The van der Waals surface area contributed by atoms with Crippen LogP contribution in [0.4, 0.5) is 5.69 Å². The molecule has 0 atom stereocenters. The minimum atomic E-state index is -3.58. The van der Waals surface area contributed by atoms with Gasteiger partial charge < -0.3 is 9.72 Å². The molecule has 0 radical (unpaired) electrons. The molecule has 0 aliphatic carbocycles. The van der Waals surface area contributed by atoms with Crippen molar-refractivity contribution in [3.63, 3.8) is 0 Å². The van der Waals surface area contributed by atoms with Crippen molar-refractivity contribution in [3.8, 4) is 11.3 Å². The number of aromatic amines is 1. The van der Waals surface area contributed by atoms with Crippen LogP contribution in [0, 0.1) is 0 Å². The topological polar surface area (TPSA) is 92.0 Å². The Morgan fingerprint density at radius 3 is 2.56 bits per heavy atom. The average molecular weight is 563 g/mol. The number of aromatic nitrogens is 2. The van der Waals surface area contributed by atoms with Gasteiger partial charge in [0.15, 0.2) is 0 Å². The molecular weight excluding hydrogens is 541 g/mol. The Morgan fingerprint density at radius 1 is 1.06 bits per heavy atom. The average Bonchev–Trinajstić information content (AvgIpc) is 3.55. The summed E-state index contributed by atoms with van der Waals surface area (Å²) in [5, 5.41) is 7.62. The Labute approximate surface area is 222 Å². The van der Waals surface area contributed by atoms with Crippen LogP contribution >= 0.6 is 34.5 Å². The standard InChI is InChI=1S/C24H21Cl2N5O3S2/c25-17-3-8-22(26)21(14-17)23-16-35-24(31(23)28-15-19-2-1-9-27-19)29-18-4-6-20(7-5-18)36(32,33)30-10-12-34-13-11-30/h1-9,14-16,27H,10-13H2. The van der Waals surface area contributed by atoms with Crippen molar-refractivity contribution >= 4 is 56.5 Å². The quantitative estimate of drug-likeness (QED) is 0.336. The van der Waals surface area contributed by atoms with E-state index in [1.54, 1.807) is 53.4 Å². The van der Waals surface area contributed by atoms with Crippen LogP contribution in [0.5, 0.6) is 0 Å². The highest BCUT2D eigenvalue weighted by Gasteiger charge is 2.26. The number of morpholine rings is 1. The fourth-order valence-electron chi connectivity index (χ4n) is 3.65. The first kappa shape index (κ1) is 24.9. The second-order valence-corrected chi connectivity index (χ2v) is 11.4. The number of rotatable bonds is 6. The maximum atomic E-state index is 12.9. The highest BCUT2D eigenvalue weighted by molar-refractivity contribution is 7.89. The van der Waals surface area contributed by atoms with Crippen molar-refractivity contribution in [2.45, 2.75) is 4.90 Å². The van der Waals surface area contributed by atoms with Crippen molar-refractivity contribution in [2.75, 3.05) is 26.3 Å². The van der Waals surface area contributed by atoms with Gasteiger partial charge in [-0.15, -0.1) is 11.3 Å². The largest absolute Gasteiger partial charge is 0.379 e. The lowest BCUT2D eigenvalue weighted by atomic mass is 10.2. The Bertz CT molecular complexity index is 1550. The fourth-order valence-corrected chi connectivity index (χ4v) is 6.29. The molecule has 5 rings (SSSR count). The summed E-state index contributed by atoms with van der Waals surface area (Å²) in [5.41, 5.74) is 2.85. The number of ether oxygens (including phenoxy) is 1. The van der Waals surface area contributed by atoms with Gasteiger partial charge in [-0.1, -0.05) is 23.2 Å². The summed E-state index contributed by atoms with van der Waals surface area (Å²) in [7, 11) is -3.58. The molecule has 0 amide bonds. The van der Waals surface area contributed by atoms with E-state index in [-0.39, 0.29) is 4.90 Å². The number of halogens is 2. The van der Waals surface area contributed by atoms with Crippen molar-refractivity contribution in [1.82, 2.24) is 14.0 Å². The molecule has 1 saturated heterocycles. The number of sulfonamides is 1. The molecule has 0 spiro atoms. The van der Waals surface area contributed by atoms with Gasteiger partial charge in [0.25, 0.3) is 0 Å². The van der Waals surface area contributed by atoms with E-state index in [0.717, 1.165) is 17.0 Å². The smallest absolute Gasteiger partial charge is 0.243 e. The predicted molar refractivity (Wildman–Crippen MR) is 143 cm³/mol. The van der Waals surface area contributed by atoms with E-state index in [1.807, 2.05) is 23.7 Å². The second kappa shape index (κ2) is 10.7. The van der Waals surface area contributed by atoms with E-state index >= 15 is 0 Å². The van der Waals surface area contributed by atoms with Crippen LogP contribution in [0.15, 0.2) is 81.2 Å². The summed E-state index contributed by atoms with van der Waals surface area (Å²) < 4.78 is 34.2. The van der Waals surface area contributed by atoms with E-state index < -0.39 is 10.0 Å². The highest BCUT2D eigenvalue weighted by Crippen LogP contribution is 2.31. The third-order valence-electron chi connectivity index (χ3n) is 5.49. The predicted octanol–water partition coefficient (Wildman–Crippen LogP) is 4.99. The van der Waals surface area contributed by atoms with E-state index in [4.69, 9.17) is 32.9 Å². The molecular formula is C24H21Cl2N5O3S2. The first-order valence-corrected chi connectivity index (χ1v) is 14.1. The van der Waals surface area contributed by atoms with Crippen molar-refractivity contribution in [1.29, 1.82) is 0 Å². The molecule has 36 heavy (non-hydrogen) atoms. The van der Waals surface area contributed by atoms with Gasteiger partial charge in [-0.3, -0.25) is 0 Å². The Hall–Kier alpha value is -2.73. The molecule has 0 saturated carbocycles. The lowest BCUT2D eigenvalue weighted by Gasteiger charge is -2.26. The van der Waals surface area contributed by atoms with Gasteiger partial charge >= 0.3 is 0 Å². The molecule has 0 bridgehead atoms. The molecule has 1 N–H and O–H groups in total. The van der Waals surface area contributed by atoms with Gasteiger partial charge in [-0.05, 0) is 54.6 Å². The number of H-pyrrole nitrogens is 1. The molecule has 0 unspecified atom stereocenters. The van der Waals surface area contributed by atoms with Crippen molar-refractivity contribution < 1.29 is 13.2 Å². The van der Waals surface area contributed by atoms with Gasteiger partial charge in [-0.25, -0.2) is 18.1 Å². The summed E-state index contributed by atoms with van der Waals surface area (Å²) in [4.78, 5) is 8.62. The minimum Gasteiger partial charge on any atom is -0.379 e. The van der Waals surface area contributed by atoms with E-state index in [2.05, 4.69) is 10.1 Å². The van der Waals surface area contributed by atoms with Crippen LogP contribution in [-0.2, 0) is 14.8 Å². The third-order valence-corrected chi connectivity index (χ3v) is 8.79. The second-order valence-electron chi connectivity index (χ2n) is 7.83. The number of nitrogens with zero attached hydrogens (tertiary/aromatic N) is 4.